The number of benzene rings is 1. The number of aliphatic carboxylic acids is 1. The van der Waals surface area contributed by atoms with Crippen LogP contribution in [-0.4, -0.2) is 45.5 Å². The lowest BCUT2D eigenvalue weighted by Gasteiger charge is -2.15. The summed E-state index contributed by atoms with van der Waals surface area (Å²) in [6.07, 6.45) is -1.41. The number of hydrogen-bond donors (Lipinski definition) is 2. The molecule has 1 aliphatic rings. The van der Waals surface area contributed by atoms with E-state index in [-0.39, 0.29) is 13.0 Å². The Balaban J connectivity index is 2.02. The zero-order valence-electron chi connectivity index (χ0n) is 10.1. The van der Waals surface area contributed by atoms with Crippen LogP contribution in [0.2, 0.25) is 0 Å². The predicted molar refractivity (Wildman–Crippen MR) is 64.7 cm³/mol. The second-order valence-electron chi connectivity index (χ2n) is 4.35. The van der Waals surface area contributed by atoms with Crippen LogP contribution in [0.25, 0.3) is 0 Å². The Bertz CT molecular complexity index is 505. The lowest BCUT2D eigenvalue weighted by molar-refractivity contribution is -0.139. The van der Waals surface area contributed by atoms with Gasteiger partial charge in [-0.3, -0.25) is 19.3 Å². The molecule has 0 saturated carbocycles. The molecule has 6 nitrogen and oxygen atoms in total. The fraction of sp³-hybridized carbons (Fsp3) is 0.308. The molecule has 1 heterocycles. The van der Waals surface area contributed by atoms with Gasteiger partial charge >= 0.3 is 5.97 Å². The van der Waals surface area contributed by atoms with E-state index in [4.69, 9.17) is 5.11 Å². The van der Waals surface area contributed by atoms with Crippen molar-refractivity contribution >= 4 is 17.8 Å². The van der Waals surface area contributed by atoms with E-state index < -0.39 is 30.3 Å². The fourth-order valence-electron chi connectivity index (χ4n) is 2.02. The molecule has 0 aliphatic carbocycles. The van der Waals surface area contributed by atoms with Gasteiger partial charge in [-0.25, -0.2) is 0 Å². The van der Waals surface area contributed by atoms with E-state index in [9.17, 15) is 19.5 Å². The van der Waals surface area contributed by atoms with Crippen LogP contribution in [0.1, 0.15) is 33.6 Å². The van der Waals surface area contributed by atoms with Crippen molar-refractivity contribution in [3.8, 4) is 0 Å². The Morgan fingerprint density at radius 3 is 2.16 bits per heavy atom. The van der Waals surface area contributed by atoms with Gasteiger partial charge in [-0.15, -0.1) is 0 Å². The number of carboxylic acids is 1. The van der Waals surface area contributed by atoms with Gasteiger partial charge in [0.1, 0.15) is 0 Å². The molecule has 0 fully saturated rings. The number of rotatable bonds is 5. The Kier molecular flexibility index (Phi) is 3.62. The monoisotopic (exact) mass is 263 g/mol. The van der Waals surface area contributed by atoms with Gasteiger partial charge < -0.3 is 10.2 Å². The van der Waals surface area contributed by atoms with Crippen molar-refractivity contribution in [1.82, 2.24) is 4.90 Å². The summed E-state index contributed by atoms with van der Waals surface area (Å²) in [7, 11) is 0. The normalized spacial score (nSPS) is 15.5. The molecular formula is C13H13NO5. The summed E-state index contributed by atoms with van der Waals surface area (Å²) in [5.41, 5.74) is 0.695. The van der Waals surface area contributed by atoms with E-state index in [1.165, 1.54) is 0 Å². The van der Waals surface area contributed by atoms with Crippen molar-refractivity contribution in [2.75, 3.05) is 6.54 Å². The van der Waals surface area contributed by atoms with Crippen molar-refractivity contribution in [3.63, 3.8) is 0 Å². The molecule has 2 amide bonds. The summed E-state index contributed by atoms with van der Waals surface area (Å²) < 4.78 is 0. The largest absolute Gasteiger partial charge is 0.481 e. The molecule has 19 heavy (non-hydrogen) atoms. The van der Waals surface area contributed by atoms with Gasteiger partial charge in [0.15, 0.2) is 0 Å². The fourth-order valence-corrected chi connectivity index (χ4v) is 2.02. The minimum Gasteiger partial charge on any atom is -0.481 e. The first-order valence-electron chi connectivity index (χ1n) is 5.86. The highest BCUT2D eigenvalue weighted by atomic mass is 16.4. The number of carboxylic acid groups (broad SMARTS) is 1. The molecule has 0 bridgehead atoms. The summed E-state index contributed by atoms with van der Waals surface area (Å²) in [5, 5.41) is 18.0. The van der Waals surface area contributed by atoms with E-state index in [1.54, 1.807) is 24.3 Å². The van der Waals surface area contributed by atoms with Crippen molar-refractivity contribution in [3.05, 3.63) is 35.4 Å². The van der Waals surface area contributed by atoms with Crippen molar-refractivity contribution < 1.29 is 24.6 Å². The average molecular weight is 263 g/mol. The lowest BCUT2D eigenvalue weighted by Crippen LogP contribution is -2.33. The van der Waals surface area contributed by atoms with Gasteiger partial charge in [0.2, 0.25) is 0 Å². The van der Waals surface area contributed by atoms with E-state index >= 15 is 0 Å². The molecule has 0 aromatic heterocycles. The van der Waals surface area contributed by atoms with Crippen LogP contribution in [0.4, 0.5) is 0 Å². The Morgan fingerprint density at radius 1 is 1.16 bits per heavy atom. The van der Waals surface area contributed by atoms with Gasteiger partial charge in [-0.2, -0.15) is 0 Å². The highest BCUT2D eigenvalue weighted by Gasteiger charge is 2.34. The quantitative estimate of drug-likeness (QED) is 0.755. The topological polar surface area (TPSA) is 94.9 Å². The molecule has 2 N–H and O–H groups in total. The number of fused-ring (bicyclic) bond motifs is 1. The predicted octanol–water partition coefficient (Wildman–Crippen LogP) is 0.508. The minimum atomic E-state index is -1.12. The molecule has 1 aromatic carbocycles. The lowest BCUT2D eigenvalue weighted by atomic mass is 10.1. The zero-order chi connectivity index (χ0) is 14.0. The standard InChI is InChI=1S/C13H13NO5/c15-8(7-11(16)17)5-6-14-12(18)9-3-1-2-4-10(9)13(14)19/h1-4,8,15H,5-7H2,(H,16,17). The molecule has 0 saturated heterocycles. The number of amides is 2. The zero-order valence-corrected chi connectivity index (χ0v) is 10.1. The number of aliphatic hydroxyl groups excluding tert-OH is 1. The van der Waals surface area contributed by atoms with Crippen LogP contribution >= 0.6 is 0 Å². The molecule has 0 radical (unpaired) electrons. The number of aliphatic hydroxyl groups is 1. The highest BCUT2D eigenvalue weighted by molar-refractivity contribution is 6.21. The maximum Gasteiger partial charge on any atom is 0.305 e. The van der Waals surface area contributed by atoms with Crippen LogP contribution in [0.5, 0.6) is 0 Å². The molecule has 6 heteroatoms. The van der Waals surface area contributed by atoms with E-state index in [2.05, 4.69) is 0 Å². The van der Waals surface area contributed by atoms with Crippen molar-refractivity contribution in [1.29, 1.82) is 0 Å². The highest BCUT2D eigenvalue weighted by Crippen LogP contribution is 2.22. The van der Waals surface area contributed by atoms with Gasteiger partial charge in [-0.1, -0.05) is 12.1 Å². The first kappa shape index (κ1) is 13.2. The average Bonchev–Trinajstić information content (AvgIpc) is 2.60. The van der Waals surface area contributed by atoms with Crippen LogP contribution in [0, 0.1) is 0 Å². The molecule has 100 valence electrons. The third kappa shape index (κ3) is 2.63. The molecular weight excluding hydrogens is 250 g/mol. The van der Waals surface area contributed by atoms with Gasteiger partial charge in [0.25, 0.3) is 11.8 Å². The summed E-state index contributed by atoms with van der Waals surface area (Å²) in [6.45, 7) is 0.0147. The van der Waals surface area contributed by atoms with Crippen LogP contribution < -0.4 is 0 Å². The third-order valence-electron chi connectivity index (χ3n) is 2.97. The summed E-state index contributed by atoms with van der Waals surface area (Å²) in [4.78, 5) is 35.3. The molecule has 0 spiro atoms. The maximum atomic E-state index is 11.9. The van der Waals surface area contributed by atoms with Crippen LogP contribution in [-0.2, 0) is 4.79 Å². The molecule has 1 atom stereocenters. The summed E-state index contributed by atoms with van der Waals surface area (Å²) in [6, 6.07) is 6.49. The molecule has 1 aliphatic heterocycles. The number of carbonyl (C=O) groups is 3. The van der Waals surface area contributed by atoms with E-state index in [0.29, 0.717) is 11.1 Å². The first-order chi connectivity index (χ1) is 9.00. The smallest absolute Gasteiger partial charge is 0.305 e. The van der Waals surface area contributed by atoms with Crippen molar-refractivity contribution in [2.45, 2.75) is 18.9 Å². The van der Waals surface area contributed by atoms with Gasteiger partial charge in [0.05, 0.1) is 23.7 Å². The first-order valence-corrected chi connectivity index (χ1v) is 5.86. The number of nitrogens with zero attached hydrogens (tertiary/aromatic N) is 1. The number of imide groups is 1. The third-order valence-corrected chi connectivity index (χ3v) is 2.97. The van der Waals surface area contributed by atoms with E-state index in [0.717, 1.165) is 4.90 Å². The second-order valence-corrected chi connectivity index (χ2v) is 4.35. The summed E-state index contributed by atoms with van der Waals surface area (Å²) >= 11 is 0. The summed E-state index contributed by atoms with van der Waals surface area (Å²) in [5.74, 6) is -1.92. The Hall–Kier alpha value is -2.21. The Labute approximate surface area is 109 Å². The minimum absolute atomic E-state index is 0.0147. The van der Waals surface area contributed by atoms with E-state index in [1.807, 2.05) is 0 Å². The van der Waals surface area contributed by atoms with Gasteiger partial charge in [-0.05, 0) is 18.6 Å². The SMILES string of the molecule is O=C(O)CC(O)CCN1C(=O)c2ccccc2C1=O. The number of carbonyl (C=O) groups excluding carboxylic acids is 2. The van der Waals surface area contributed by atoms with Gasteiger partial charge in [0, 0.05) is 6.54 Å². The molecule has 1 unspecified atom stereocenters. The van der Waals surface area contributed by atoms with Crippen LogP contribution in [0.15, 0.2) is 24.3 Å². The maximum absolute atomic E-state index is 11.9. The molecule has 2 rings (SSSR count). The van der Waals surface area contributed by atoms with Crippen molar-refractivity contribution in [2.24, 2.45) is 0 Å². The van der Waals surface area contributed by atoms with Crippen LogP contribution in [0.3, 0.4) is 0 Å². The number of hydrogen-bond acceptors (Lipinski definition) is 4. The Morgan fingerprint density at radius 2 is 1.68 bits per heavy atom. The second kappa shape index (κ2) is 5.19. The molecule has 1 aromatic rings.